The summed E-state index contributed by atoms with van der Waals surface area (Å²) in [4.78, 5) is 4.30. The second-order valence-corrected chi connectivity index (χ2v) is 15.6. The number of benzene rings is 2. The number of nitrogens with zero attached hydrogens (tertiary/aromatic N) is 2. The molecule has 2 aromatic carbocycles. The molecule has 2 aromatic rings. The fraction of sp³-hybridized carbons (Fsp3) is 0.500. The van der Waals surface area contributed by atoms with Crippen molar-refractivity contribution < 1.29 is 13.2 Å². The summed E-state index contributed by atoms with van der Waals surface area (Å²) in [5, 5.41) is 7.50. The van der Waals surface area contributed by atoms with E-state index in [2.05, 4.69) is 86.4 Å². The molecule has 2 aliphatic carbocycles. The number of dihydropyridines is 1. The van der Waals surface area contributed by atoms with Crippen molar-refractivity contribution in [2.75, 3.05) is 36.5 Å². The molecular formula is C44H58ClF3N4. The summed E-state index contributed by atoms with van der Waals surface area (Å²) in [5.41, 5.74) is 11.2. The highest BCUT2D eigenvalue weighted by atomic mass is 35.5. The van der Waals surface area contributed by atoms with E-state index in [0.29, 0.717) is 17.6 Å². The van der Waals surface area contributed by atoms with Gasteiger partial charge in [-0.1, -0.05) is 81.5 Å². The van der Waals surface area contributed by atoms with Gasteiger partial charge in [0.25, 0.3) is 0 Å². The van der Waals surface area contributed by atoms with Gasteiger partial charge >= 0.3 is 6.18 Å². The lowest BCUT2D eigenvalue weighted by Gasteiger charge is -2.39. The molecule has 2 saturated carbocycles. The number of rotatable bonds is 13. The van der Waals surface area contributed by atoms with Crippen molar-refractivity contribution in [2.24, 2.45) is 0 Å². The monoisotopic (exact) mass is 734 g/mol. The molecule has 0 atom stereocenters. The predicted molar refractivity (Wildman–Crippen MR) is 216 cm³/mol. The van der Waals surface area contributed by atoms with Crippen molar-refractivity contribution in [3.8, 4) is 11.1 Å². The number of halogens is 4. The molecular weight excluding hydrogens is 677 g/mol. The molecule has 0 spiro atoms. The van der Waals surface area contributed by atoms with E-state index in [-0.39, 0.29) is 12.0 Å². The van der Waals surface area contributed by atoms with E-state index in [0.717, 1.165) is 119 Å². The van der Waals surface area contributed by atoms with Crippen LogP contribution in [0.4, 0.5) is 24.5 Å². The van der Waals surface area contributed by atoms with Crippen LogP contribution in [0, 0.1) is 6.92 Å². The smallest absolute Gasteiger partial charge is 0.381 e. The van der Waals surface area contributed by atoms with Gasteiger partial charge in [0.2, 0.25) is 0 Å². The van der Waals surface area contributed by atoms with Crippen molar-refractivity contribution in [3.05, 3.63) is 100 Å². The van der Waals surface area contributed by atoms with Crippen molar-refractivity contribution in [1.82, 2.24) is 10.6 Å². The van der Waals surface area contributed by atoms with Crippen molar-refractivity contribution in [1.29, 1.82) is 0 Å². The van der Waals surface area contributed by atoms with E-state index in [1.54, 1.807) is 11.9 Å². The number of hydrogen-bond acceptors (Lipinski definition) is 4. The van der Waals surface area contributed by atoms with Gasteiger partial charge in [-0.25, -0.2) is 0 Å². The Labute approximate surface area is 315 Å². The minimum Gasteiger partial charge on any atom is -0.381 e. The van der Waals surface area contributed by atoms with Crippen LogP contribution in [-0.4, -0.2) is 38.9 Å². The van der Waals surface area contributed by atoms with Gasteiger partial charge in [0, 0.05) is 77.7 Å². The van der Waals surface area contributed by atoms with Crippen LogP contribution in [0.5, 0.6) is 0 Å². The SMILES string of the molecule is C=CC1(c2ccc(-c3cc(N(CC)C4CCCCC4)c(C)c(C(=C)NCC4=C(C)C=C(C)NC4=C)c3Cl)cc2N(C)CCC(F)(F)F)CCCCC1. The zero-order valence-corrected chi connectivity index (χ0v) is 32.7. The largest absolute Gasteiger partial charge is 0.390 e. The number of anilines is 2. The average molecular weight is 735 g/mol. The highest BCUT2D eigenvalue weighted by Gasteiger charge is 2.35. The maximum atomic E-state index is 13.5. The third-order valence-electron chi connectivity index (χ3n) is 11.7. The third kappa shape index (κ3) is 8.62. The van der Waals surface area contributed by atoms with E-state index in [1.807, 2.05) is 13.0 Å². The van der Waals surface area contributed by atoms with Crippen LogP contribution in [0.25, 0.3) is 16.8 Å². The Kier molecular flexibility index (Phi) is 12.7. The van der Waals surface area contributed by atoms with Crippen LogP contribution in [0.2, 0.25) is 5.02 Å². The van der Waals surface area contributed by atoms with E-state index in [9.17, 15) is 13.2 Å². The standard InChI is InChI=1S/C44H58ClF3N4/c1-9-43(21-15-12-16-22-43)38-20-19-34(26-40(38)51(8)24-23-44(46,47)48)36-27-39(52(10-2)35-17-13-11-14-18-35)31(5)41(42(36)45)33(7)49-28-37-29(3)25-30(4)50-32(37)6/h9,19-20,25-27,35,49-50H,1,6-7,10-18,21-24,28H2,2-5,8H3. The molecule has 0 amide bonds. The van der Waals surface area contributed by atoms with Gasteiger partial charge in [-0.15, -0.1) is 6.58 Å². The second kappa shape index (κ2) is 16.6. The third-order valence-corrected chi connectivity index (χ3v) is 12.1. The molecule has 0 radical (unpaired) electrons. The number of alkyl halides is 3. The van der Waals surface area contributed by atoms with Crippen molar-refractivity contribution in [3.63, 3.8) is 0 Å². The summed E-state index contributed by atoms with van der Waals surface area (Å²) in [6, 6.07) is 8.91. The molecule has 282 valence electrons. The average Bonchev–Trinajstić information content (AvgIpc) is 3.11. The van der Waals surface area contributed by atoms with Crippen molar-refractivity contribution >= 4 is 28.7 Å². The van der Waals surface area contributed by atoms with Gasteiger partial charge in [-0.2, -0.15) is 13.2 Å². The lowest BCUT2D eigenvalue weighted by Crippen LogP contribution is -2.37. The van der Waals surface area contributed by atoms with Crippen LogP contribution in [0.15, 0.2) is 78.7 Å². The second-order valence-electron chi connectivity index (χ2n) is 15.2. The molecule has 3 aliphatic rings. The van der Waals surface area contributed by atoms with Crippen molar-refractivity contribution in [2.45, 2.75) is 116 Å². The first-order valence-corrected chi connectivity index (χ1v) is 19.5. The highest BCUT2D eigenvalue weighted by Crippen LogP contribution is 2.48. The quantitative estimate of drug-likeness (QED) is 0.201. The minimum atomic E-state index is -4.25. The Bertz CT molecular complexity index is 1720. The molecule has 2 N–H and O–H groups in total. The topological polar surface area (TPSA) is 30.5 Å². The Balaban J connectivity index is 1.65. The molecule has 0 saturated heterocycles. The summed E-state index contributed by atoms with van der Waals surface area (Å²) >= 11 is 7.49. The molecule has 8 heteroatoms. The van der Waals surface area contributed by atoms with Gasteiger partial charge in [0.05, 0.1) is 11.4 Å². The summed E-state index contributed by atoms with van der Waals surface area (Å²) < 4.78 is 40.6. The predicted octanol–water partition coefficient (Wildman–Crippen LogP) is 12.1. The fourth-order valence-electron chi connectivity index (χ4n) is 8.77. The first-order chi connectivity index (χ1) is 24.7. The molecule has 0 aromatic heterocycles. The molecule has 5 rings (SSSR count). The van der Waals surface area contributed by atoms with Crippen LogP contribution >= 0.6 is 11.6 Å². The van der Waals surface area contributed by atoms with Gasteiger partial charge in [0.1, 0.15) is 0 Å². The number of allylic oxidation sites excluding steroid dienone is 4. The number of hydrogen-bond donors (Lipinski definition) is 2. The molecule has 0 unspecified atom stereocenters. The molecule has 1 aliphatic heterocycles. The van der Waals surface area contributed by atoms with Crippen LogP contribution in [0.3, 0.4) is 0 Å². The Hall–Kier alpha value is -3.58. The zero-order chi connectivity index (χ0) is 37.8. The van der Waals surface area contributed by atoms with Crippen LogP contribution < -0.4 is 20.4 Å². The molecule has 2 fully saturated rings. The van der Waals surface area contributed by atoms with E-state index in [4.69, 9.17) is 11.6 Å². The van der Waals surface area contributed by atoms with Gasteiger partial charge in [-0.3, -0.25) is 0 Å². The number of nitrogens with one attached hydrogen (secondary N) is 2. The van der Waals surface area contributed by atoms with Gasteiger partial charge in [-0.05, 0) is 99.4 Å². The maximum Gasteiger partial charge on any atom is 0.390 e. The fourth-order valence-corrected chi connectivity index (χ4v) is 9.19. The normalized spacial score (nSPS) is 18.1. The molecule has 52 heavy (non-hydrogen) atoms. The Morgan fingerprint density at radius 3 is 2.33 bits per heavy atom. The van der Waals surface area contributed by atoms with Gasteiger partial charge < -0.3 is 20.4 Å². The maximum absolute atomic E-state index is 13.5. The molecule has 0 bridgehead atoms. The van der Waals surface area contributed by atoms with E-state index >= 15 is 0 Å². The summed E-state index contributed by atoms with van der Waals surface area (Å²) in [6.07, 6.45) is 10.1. The summed E-state index contributed by atoms with van der Waals surface area (Å²) in [5.74, 6) is 0. The molecule has 4 nitrogen and oxygen atoms in total. The Morgan fingerprint density at radius 1 is 1.04 bits per heavy atom. The van der Waals surface area contributed by atoms with Crippen LogP contribution in [-0.2, 0) is 5.41 Å². The van der Waals surface area contributed by atoms with Crippen LogP contribution in [0.1, 0.15) is 108 Å². The first kappa shape index (κ1) is 39.6. The molecule has 1 heterocycles. The lowest BCUT2D eigenvalue weighted by atomic mass is 9.68. The summed E-state index contributed by atoms with van der Waals surface area (Å²) in [6.45, 7) is 22.7. The minimum absolute atomic E-state index is 0.137. The summed E-state index contributed by atoms with van der Waals surface area (Å²) in [7, 11) is 1.77. The van der Waals surface area contributed by atoms with E-state index in [1.165, 1.54) is 19.3 Å². The Morgan fingerprint density at radius 2 is 1.71 bits per heavy atom. The zero-order valence-electron chi connectivity index (χ0n) is 32.0. The van der Waals surface area contributed by atoms with E-state index < -0.39 is 12.6 Å². The first-order valence-electron chi connectivity index (χ1n) is 19.1. The lowest BCUT2D eigenvalue weighted by molar-refractivity contribution is -0.132. The van der Waals surface area contributed by atoms with Gasteiger partial charge in [0.15, 0.2) is 0 Å². The highest BCUT2D eigenvalue weighted by molar-refractivity contribution is 6.35.